The van der Waals surface area contributed by atoms with Crippen LogP contribution < -0.4 is 10.1 Å². The first-order valence-corrected chi connectivity index (χ1v) is 7.05. The first-order valence-electron chi connectivity index (χ1n) is 7.05. The van der Waals surface area contributed by atoms with Crippen LogP contribution in [0.4, 0.5) is 0 Å². The van der Waals surface area contributed by atoms with Crippen molar-refractivity contribution in [3.63, 3.8) is 0 Å². The molecule has 0 radical (unpaired) electrons. The third kappa shape index (κ3) is 7.14. The Hall–Kier alpha value is -1.55. The minimum absolute atomic E-state index is 0.206. The molecule has 0 atom stereocenters. The van der Waals surface area contributed by atoms with E-state index in [4.69, 9.17) is 9.47 Å². The SMILES string of the molecule is CCCOc1cccc(CNCC(=O)OC(C)(C)C)c1. The number of ether oxygens (including phenoxy) is 2. The van der Waals surface area contributed by atoms with E-state index >= 15 is 0 Å². The highest BCUT2D eigenvalue weighted by Gasteiger charge is 2.15. The molecule has 1 aromatic carbocycles. The van der Waals surface area contributed by atoms with Crippen molar-refractivity contribution in [1.82, 2.24) is 5.32 Å². The van der Waals surface area contributed by atoms with Gasteiger partial charge in [0, 0.05) is 6.54 Å². The fourth-order valence-electron chi connectivity index (χ4n) is 1.65. The van der Waals surface area contributed by atoms with Crippen LogP contribution in [0, 0.1) is 0 Å². The summed E-state index contributed by atoms with van der Waals surface area (Å²) in [5, 5.41) is 3.08. The molecule has 1 N–H and O–H groups in total. The van der Waals surface area contributed by atoms with Gasteiger partial charge in [0.2, 0.25) is 0 Å². The van der Waals surface area contributed by atoms with Gasteiger partial charge in [0.1, 0.15) is 11.4 Å². The molecule has 4 heteroatoms. The van der Waals surface area contributed by atoms with Gasteiger partial charge >= 0.3 is 5.97 Å². The monoisotopic (exact) mass is 279 g/mol. The predicted octanol–water partition coefficient (Wildman–Crippen LogP) is 2.91. The topological polar surface area (TPSA) is 47.6 Å². The van der Waals surface area contributed by atoms with Crippen molar-refractivity contribution in [3.8, 4) is 5.75 Å². The van der Waals surface area contributed by atoms with E-state index in [0.717, 1.165) is 24.3 Å². The van der Waals surface area contributed by atoms with Crippen LogP contribution in [0.1, 0.15) is 39.7 Å². The second-order valence-corrected chi connectivity index (χ2v) is 5.69. The van der Waals surface area contributed by atoms with Gasteiger partial charge in [-0.15, -0.1) is 0 Å². The number of rotatable bonds is 7. The number of benzene rings is 1. The van der Waals surface area contributed by atoms with Gasteiger partial charge in [-0.25, -0.2) is 0 Å². The normalized spacial score (nSPS) is 11.2. The third-order valence-electron chi connectivity index (χ3n) is 2.39. The molecule has 0 aliphatic rings. The summed E-state index contributed by atoms with van der Waals surface area (Å²) in [5.41, 5.74) is 0.648. The maximum Gasteiger partial charge on any atom is 0.320 e. The van der Waals surface area contributed by atoms with Crippen molar-refractivity contribution in [1.29, 1.82) is 0 Å². The molecule has 4 nitrogen and oxygen atoms in total. The summed E-state index contributed by atoms with van der Waals surface area (Å²) in [5.74, 6) is 0.624. The van der Waals surface area contributed by atoms with E-state index in [0.29, 0.717) is 6.54 Å². The van der Waals surface area contributed by atoms with Gasteiger partial charge in [-0.05, 0) is 44.9 Å². The molecular weight excluding hydrogens is 254 g/mol. The zero-order chi connectivity index (χ0) is 15.0. The molecule has 112 valence electrons. The number of carbonyl (C=O) groups excluding carboxylic acids is 1. The van der Waals surface area contributed by atoms with Gasteiger partial charge in [-0.3, -0.25) is 4.79 Å². The van der Waals surface area contributed by atoms with Crippen LogP contribution in [0.3, 0.4) is 0 Å². The Balaban J connectivity index is 2.36. The highest BCUT2D eigenvalue weighted by molar-refractivity contribution is 5.72. The average Bonchev–Trinajstić information content (AvgIpc) is 2.34. The van der Waals surface area contributed by atoms with E-state index < -0.39 is 5.60 Å². The van der Waals surface area contributed by atoms with E-state index in [2.05, 4.69) is 12.2 Å². The minimum Gasteiger partial charge on any atom is -0.494 e. The van der Waals surface area contributed by atoms with Crippen LogP contribution in [0.2, 0.25) is 0 Å². The Morgan fingerprint density at radius 3 is 2.70 bits per heavy atom. The maximum atomic E-state index is 11.5. The lowest BCUT2D eigenvalue weighted by Gasteiger charge is -2.19. The standard InChI is InChI=1S/C16H25NO3/c1-5-9-19-14-8-6-7-13(10-14)11-17-12-15(18)20-16(2,3)4/h6-8,10,17H,5,9,11-12H2,1-4H3. The van der Waals surface area contributed by atoms with Crippen LogP contribution in [-0.4, -0.2) is 24.7 Å². The van der Waals surface area contributed by atoms with Gasteiger partial charge in [-0.1, -0.05) is 19.1 Å². The van der Waals surface area contributed by atoms with Crippen molar-refractivity contribution in [2.24, 2.45) is 0 Å². The lowest BCUT2D eigenvalue weighted by molar-refractivity contribution is -0.153. The minimum atomic E-state index is -0.438. The summed E-state index contributed by atoms with van der Waals surface area (Å²) in [6.07, 6.45) is 0.987. The van der Waals surface area contributed by atoms with Crippen molar-refractivity contribution >= 4 is 5.97 Å². The summed E-state index contributed by atoms with van der Waals surface area (Å²) in [6, 6.07) is 7.88. The van der Waals surface area contributed by atoms with Gasteiger partial charge in [0.25, 0.3) is 0 Å². The lowest BCUT2D eigenvalue weighted by Crippen LogP contribution is -2.31. The number of hydrogen-bond donors (Lipinski definition) is 1. The van der Waals surface area contributed by atoms with E-state index in [1.165, 1.54) is 0 Å². The van der Waals surface area contributed by atoms with E-state index in [-0.39, 0.29) is 12.5 Å². The number of nitrogens with one attached hydrogen (secondary N) is 1. The zero-order valence-electron chi connectivity index (χ0n) is 12.9. The quantitative estimate of drug-likeness (QED) is 0.780. The highest BCUT2D eigenvalue weighted by atomic mass is 16.6. The molecule has 0 fully saturated rings. The largest absolute Gasteiger partial charge is 0.494 e. The maximum absolute atomic E-state index is 11.5. The van der Waals surface area contributed by atoms with Crippen LogP contribution in [0.15, 0.2) is 24.3 Å². The zero-order valence-corrected chi connectivity index (χ0v) is 12.9. The molecule has 0 unspecified atom stereocenters. The van der Waals surface area contributed by atoms with E-state index in [1.54, 1.807) is 0 Å². The molecule has 0 saturated heterocycles. The average molecular weight is 279 g/mol. The van der Waals surface area contributed by atoms with Crippen molar-refractivity contribution in [2.45, 2.75) is 46.3 Å². The Kier molecular flexibility index (Phi) is 6.52. The molecule has 0 saturated carbocycles. The Bertz CT molecular complexity index is 424. The summed E-state index contributed by atoms with van der Waals surface area (Å²) >= 11 is 0. The number of esters is 1. The second-order valence-electron chi connectivity index (χ2n) is 5.69. The highest BCUT2D eigenvalue weighted by Crippen LogP contribution is 2.13. The summed E-state index contributed by atoms with van der Waals surface area (Å²) in [7, 11) is 0. The molecule has 1 rings (SSSR count). The molecule has 0 amide bonds. The van der Waals surface area contributed by atoms with E-state index in [9.17, 15) is 4.79 Å². The van der Waals surface area contributed by atoms with E-state index in [1.807, 2.05) is 45.0 Å². The predicted molar refractivity (Wildman–Crippen MR) is 79.8 cm³/mol. The van der Waals surface area contributed by atoms with Gasteiger partial charge < -0.3 is 14.8 Å². The number of hydrogen-bond acceptors (Lipinski definition) is 4. The smallest absolute Gasteiger partial charge is 0.320 e. The van der Waals surface area contributed by atoms with Gasteiger partial charge in [0.05, 0.1) is 13.2 Å². The summed E-state index contributed by atoms with van der Waals surface area (Å²) in [6.45, 7) is 9.19. The summed E-state index contributed by atoms with van der Waals surface area (Å²) in [4.78, 5) is 11.5. The van der Waals surface area contributed by atoms with Crippen LogP contribution in [-0.2, 0) is 16.1 Å². The first kappa shape index (κ1) is 16.5. The van der Waals surface area contributed by atoms with Gasteiger partial charge in [0.15, 0.2) is 0 Å². The fourth-order valence-corrected chi connectivity index (χ4v) is 1.65. The number of carbonyl (C=O) groups is 1. The Morgan fingerprint density at radius 1 is 1.30 bits per heavy atom. The van der Waals surface area contributed by atoms with Crippen LogP contribution in [0.25, 0.3) is 0 Å². The molecule has 1 aromatic rings. The van der Waals surface area contributed by atoms with Crippen LogP contribution in [0.5, 0.6) is 5.75 Å². The molecule has 0 aliphatic carbocycles. The molecule has 0 aliphatic heterocycles. The molecule has 0 aromatic heterocycles. The Labute approximate surface area is 121 Å². The molecule has 0 spiro atoms. The van der Waals surface area contributed by atoms with Crippen molar-refractivity contribution < 1.29 is 14.3 Å². The van der Waals surface area contributed by atoms with Crippen molar-refractivity contribution in [3.05, 3.63) is 29.8 Å². The van der Waals surface area contributed by atoms with Gasteiger partial charge in [-0.2, -0.15) is 0 Å². The van der Waals surface area contributed by atoms with Crippen molar-refractivity contribution in [2.75, 3.05) is 13.2 Å². The molecule has 0 bridgehead atoms. The third-order valence-corrected chi connectivity index (χ3v) is 2.39. The molecule has 0 heterocycles. The second kappa shape index (κ2) is 7.90. The molecular formula is C16H25NO3. The van der Waals surface area contributed by atoms with Crippen LogP contribution >= 0.6 is 0 Å². The lowest BCUT2D eigenvalue weighted by atomic mass is 10.2. The fraction of sp³-hybridized carbons (Fsp3) is 0.562. The molecule has 20 heavy (non-hydrogen) atoms. The Morgan fingerprint density at radius 2 is 2.05 bits per heavy atom. The summed E-state index contributed by atoms with van der Waals surface area (Å²) < 4.78 is 10.8. The first-order chi connectivity index (χ1) is 9.40.